The summed E-state index contributed by atoms with van der Waals surface area (Å²) in [5.74, 6) is -0.569. The monoisotopic (exact) mass is 410 g/mol. The van der Waals surface area contributed by atoms with Crippen LogP contribution in [0.25, 0.3) is 6.08 Å². The fourth-order valence-electron chi connectivity index (χ4n) is 2.96. The summed E-state index contributed by atoms with van der Waals surface area (Å²) >= 11 is 12.5. The highest BCUT2D eigenvalue weighted by Crippen LogP contribution is 2.60. The molecule has 8 heteroatoms. The molecule has 0 unspecified atom stereocenters. The summed E-state index contributed by atoms with van der Waals surface area (Å²) in [6, 6.07) is 6.85. The normalized spacial score (nSPS) is 25.0. The average molecular weight is 411 g/mol. The molecule has 0 bridgehead atoms. The molecule has 26 heavy (non-hydrogen) atoms. The molecule has 0 saturated heterocycles. The SMILES string of the molecule is CC1(C)[C@H](C(=O)Oc2ccc(/C=C3/SC(N)=NC3=O)cc2)[C@@H]1C=C(Cl)Cl. The van der Waals surface area contributed by atoms with Crippen LogP contribution in [0.4, 0.5) is 0 Å². The first kappa shape index (κ1) is 19.0. The number of carbonyl (C=O) groups is 2. The van der Waals surface area contributed by atoms with Crippen LogP contribution in [0.2, 0.25) is 0 Å². The van der Waals surface area contributed by atoms with Crippen molar-refractivity contribution in [3.8, 4) is 5.75 Å². The summed E-state index contributed by atoms with van der Waals surface area (Å²) in [5.41, 5.74) is 6.06. The van der Waals surface area contributed by atoms with Crippen LogP contribution in [0.3, 0.4) is 0 Å². The molecular formula is C18H16Cl2N2O3S. The Morgan fingerprint density at radius 3 is 2.50 bits per heavy atom. The molecule has 136 valence electrons. The summed E-state index contributed by atoms with van der Waals surface area (Å²) in [6.45, 7) is 3.94. The number of nitrogens with two attached hydrogens (primary N) is 1. The maximum atomic E-state index is 12.4. The molecule has 1 aromatic rings. The van der Waals surface area contributed by atoms with Crippen LogP contribution >= 0.6 is 35.0 Å². The number of amides is 1. The van der Waals surface area contributed by atoms with Crippen molar-refractivity contribution in [1.29, 1.82) is 0 Å². The lowest BCUT2D eigenvalue weighted by Gasteiger charge is -2.05. The van der Waals surface area contributed by atoms with Crippen LogP contribution in [0.15, 0.2) is 44.7 Å². The smallest absolute Gasteiger partial charge is 0.315 e. The standard InChI is InChI=1S/C18H16Cl2N2O3S/c1-18(2)11(8-13(19)20)14(18)16(24)25-10-5-3-9(4-6-10)7-12-15(23)22-17(21)26-12/h3-8,11,14H,1-2H3,(H2,21,22,23)/b12-7+/t11-,14-/m0/s1. The number of amidine groups is 1. The number of ether oxygens (including phenoxy) is 1. The number of aliphatic imine (C=N–C) groups is 1. The molecule has 2 atom stereocenters. The fraction of sp³-hybridized carbons (Fsp3) is 0.278. The Labute approximate surface area is 165 Å². The third-order valence-corrected chi connectivity index (χ3v) is 5.57. The van der Waals surface area contributed by atoms with Crippen LogP contribution in [-0.4, -0.2) is 17.0 Å². The zero-order valence-corrected chi connectivity index (χ0v) is 16.4. The number of carbonyl (C=O) groups excluding carboxylic acids is 2. The summed E-state index contributed by atoms with van der Waals surface area (Å²) < 4.78 is 5.61. The molecular weight excluding hydrogens is 395 g/mol. The number of halogens is 2. The van der Waals surface area contributed by atoms with Gasteiger partial charge in [-0.25, -0.2) is 0 Å². The number of benzene rings is 1. The van der Waals surface area contributed by atoms with E-state index in [4.69, 9.17) is 33.7 Å². The van der Waals surface area contributed by atoms with E-state index in [1.165, 1.54) is 0 Å². The molecule has 1 heterocycles. The lowest BCUT2D eigenvalue weighted by atomic mass is 10.1. The minimum atomic E-state index is -0.351. The first-order valence-corrected chi connectivity index (χ1v) is 9.38. The molecule has 5 nitrogen and oxygen atoms in total. The van der Waals surface area contributed by atoms with Crippen molar-refractivity contribution in [2.45, 2.75) is 13.8 Å². The highest BCUT2D eigenvalue weighted by molar-refractivity contribution is 8.18. The maximum Gasteiger partial charge on any atom is 0.315 e. The van der Waals surface area contributed by atoms with Crippen LogP contribution in [0, 0.1) is 17.3 Å². The number of rotatable bonds is 4. The molecule has 0 radical (unpaired) electrons. The average Bonchev–Trinajstić information content (AvgIpc) is 2.91. The van der Waals surface area contributed by atoms with Gasteiger partial charge in [-0.2, -0.15) is 4.99 Å². The first-order chi connectivity index (χ1) is 12.2. The number of esters is 1. The van der Waals surface area contributed by atoms with E-state index in [0.29, 0.717) is 10.7 Å². The number of hydrogen-bond acceptors (Lipinski definition) is 5. The Kier molecular flexibility index (Phi) is 5.19. The summed E-state index contributed by atoms with van der Waals surface area (Å²) in [7, 11) is 0. The summed E-state index contributed by atoms with van der Waals surface area (Å²) in [6.07, 6.45) is 3.36. The van der Waals surface area contributed by atoms with E-state index in [2.05, 4.69) is 4.99 Å². The van der Waals surface area contributed by atoms with Crippen molar-refractivity contribution in [2.24, 2.45) is 28.0 Å². The Morgan fingerprint density at radius 1 is 1.31 bits per heavy atom. The molecule has 0 spiro atoms. The largest absolute Gasteiger partial charge is 0.426 e. The molecule has 1 saturated carbocycles. The second-order valence-electron chi connectivity index (χ2n) is 6.64. The van der Waals surface area contributed by atoms with Crippen molar-refractivity contribution in [1.82, 2.24) is 0 Å². The number of hydrogen-bond donors (Lipinski definition) is 1. The first-order valence-electron chi connectivity index (χ1n) is 7.81. The molecule has 1 fully saturated rings. The van der Waals surface area contributed by atoms with Gasteiger partial charge in [-0.05, 0) is 52.9 Å². The van der Waals surface area contributed by atoms with Crippen molar-refractivity contribution >= 4 is 58.1 Å². The highest BCUT2D eigenvalue weighted by Gasteiger charge is 2.61. The van der Waals surface area contributed by atoms with Gasteiger partial charge in [0.2, 0.25) is 0 Å². The molecule has 1 aromatic carbocycles. The van der Waals surface area contributed by atoms with Crippen molar-refractivity contribution < 1.29 is 14.3 Å². The fourth-order valence-corrected chi connectivity index (χ4v) is 3.92. The van der Waals surface area contributed by atoms with Gasteiger partial charge in [0.05, 0.1) is 10.8 Å². The van der Waals surface area contributed by atoms with Crippen LogP contribution in [0.1, 0.15) is 19.4 Å². The zero-order valence-electron chi connectivity index (χ0n) is 14.0. The van der Waals surface area contributed by atoms with Gasteiger partial charge in [-0.1, -0.05) is 49.2 Å². The van der Waals surface area contributed by atoms with E-state index in [1.807, 2.05) is 13.8 Å². The Hall–Kier alpha value is -1.76. The molecule has 1 aliphatic heterocycles. The van der Waals surface area contributed by atoms with Crippen LogP contribution < -0.4 is 10.5 Å². The Morgan fingerprint density at radius 2 is 1.96 bits per heavy atom. The quantitative estimate of drug-likeness (QED) is 0.458. The number of nitrogens with zero attached hydrogens (tertiary/aromatic N) is 1. The van der Waals surface area contributed by atoms with Crippen molar-refractivity contribution in [3.63, 3.8) is 0 Å². The zero-order chi connectivity index (χ0) is 19.1. The van der Waals surface area contributed by atoms with Gasteiger partial charge in [0, 0.05) is 0 Å². The van der Waals surface area contributed by atoms with Gasteiger partial charge in [0.25, 0.3) is 5.91 Å². The lowest BCUT2D eigenvalue weighted by Crippen LogP contribution is -2.13. The van der Waals surface area contributed by atoms with Crippen LogP contribution in [-0.2, 0) is 9.59 Å². The van der Waals surface area contributed by atoms with Gasteiger partial charge >= 0.3 is 5.97 Å². The topological polar surface area (TPSA) is 81.8 Å². The number of allylic oxidation sites excluding steroid dienone is 1. The maximum absolute atomic E-state index is 12.4. The number of thioether (sulfide) groups is 1. The molecule has 2 aliphatic rings. The molecule has 2 N–H and O–H groups in total. The lowest BCUT2D eigenvalue weighted by molar-refractivity contribution is -0.136. The van der Waals surface area contributed by atoms with Gasteiger partial charge in [0.15, 0.2) is 5.17 Å². The van der Waals surface area contributed by atoms with E-state index in [-0.39, 0.29) is 38.8 Å². The van der Waals surface area contributed by atoms with Gasteiger partial charge in [0.1, 0.15) is 10.2 Å². The predicted molar refractivity (Wildman–Crippen MR) is 105 cm³/mol. The van der Waals surface area contributed by atoms with E-state index < -0.39 is 0 Å². The second kappa shape index (κ2) is 7.10. The van der Waals surface area contributed by atoms with Crippen LogP contribution in [0.5, 0.6) is 5.75 Å². The van der Waals surface area contributed by atoms with Crippen molar-refractivity contribution in [3.05, 3.63) is 45.3 Å². The summed E-state index contributed by atoms with van der Waals surface area (Å²) in [5, 5.41) is 0.236. The van der Waals surface area contributed by atoms with Gasteiger partial charge in [-0.3, -0.25) is 9.59 Å². The van der Waals surface area contributed by atoms with Gasteiger partial charge < -0.3 is 10.5 Å². The molecule has 1 amide bonds. The van der Waals surface area contributed by atoms with E-state index in [1.54, 1.807) is 36.4 Å². The van der Waals surface area contributed by atoms with Gasteiger partial charge in [-0.15, -0.1) is 0 Å². The Bertz CT molecular complexity index is 856. The summed E-state index contributed by atoms with van der Waals surface area (Å²) in [4.78, 5) is 28.1. The molecule has 3 rings (SSSR count). The van der Waals surface area contributed by atoms with E-state index in [0.717, 1.165) is 17.3 Å². The predicted octanol–water partition coefficient (Wildman–Crippen LogP) is 4.11. The highest BCUT2D eigenvalue weighted by atomic mass is 35.5. The third-order valence-electron chi connectivity index (χ3n) is 4.50. The minimum Gasteiger partial charge on any atom is -0.426 e. The van der Waals surface area contributed by atoms with E-state index >= 15 is 0 Å². The molecule has 0 aromatic heterocycles. The minimum absolute atomic E-state index is 0.0418. The second-order valence-corrected chi connectivity index (χ2v) is 8.71. The molecule has 1 aliphatic carbocycles. The van der Waals surface area contributed by atoms with Crippen molar-refractivity contribution in [2.75, 3.05) is 0 Å². The Balaban J connectivity index is 1.65. The van der Waals surface area contributed by atoms with E-state index in [9.17, 15) is 9.59 Å². The third kappa shape index (κ3) is 3.98.